The molecule has 2 amide bonds. The Labute approximate surface area is 233 Å². The van der Waals surface area contributed by atoms with Gasteiger partial charge in [0.25, 0.3) is 5.91 Å². The Morgan fingerprint density at radius 2 is 1.93 bits per heavy atom. The zero-order valence-electron chi connectivity index (χ0n) is 23.0. The van der Waals surface area contributed by atoms with Crippen molar-refractivity contribution in [2.24, 2.45) is 5.41 Å². The number of aromatic nitrogens is 3. The summed E-state index contributed by atoms with van der Waals surface area (Å²) in [6.07, 6.45) is 3.99. The van der Waals surface area contributed by atoms with Gasteiger partial charge in [-0.15, -0.1) is 0 Å². The molecule has 1 aromatic carbocycles. The lowest BCUT2D eigenvalue weighted by Gasteiger charge is -2.46. The van der Waals surface area contributed by atoms with Crippen LogP contribution in [0.25, 0.3) is 0 Å². The Morgan fingerprint density at radius 3 is 2.67 bits per heavy atom. The summed E-state index contributed by atoms with van der Waals surface area (Å²) in [5.41, 5.74) is 3.60. The molecule has 0 radical (unpaired) electrons. The van der Waals surface area contributed by atoms with E-state index in [0.717, 1.165) is 68.1 Å². The number of carboxylic acid groups (broad SMARTS) is 1. The third-order valence-electron chi connectivity index (χ3n) is 8.50. The van der Waals surface area contributed by atoms with Gasteiger partial charge in [-0.25, -0.2) is 9.48 Å². The van der Waals surface area contributed by atoms with Crippen LogP contribution in [0.3, 0.4) is 0 Å². The lowest BCUT2D eigenvalue weighted by Crippen LogP contribution is -2.59. The molecule has 3 N–H and O–H groups in total. The molecule has 0 saturated carbocycles. The van der Waals surface area contributed by atoms with Gasteiger partial charge in [0.2, 0.25) is 0 Å². The molecule has 1 unspecified atom stereocenters. The van der Waals surface area contributed by atoms with Crippen molar-refractivity contribution in [3.63, 3.8) is 0 Å². The van der Waals surface area contributed by atoms with Crippen LogP contribution in [0.5, 0.6) is 0 Å². The normalized spacial score (nSPS) is 20.4. The van der Waals surface area contributed by atoms with Gasteiger partial charge in [0, 0.05) is 39.4 Å². The van der Waals surface area contributed by atoms with Crippen molar-refractivity contribution in [2.45, 2.75) is 45.4 Å². The number of aryl methyl sites for hydroxylation is 1. The second-order valence-corrected chi connectivity index (χ2v) is 11.4. The smallest absolute Gasteiger partial charge is 0.404 e. The van der Waals surface area contributed by atoms with Crippen LogP contribution in [0.1, 0.15) is 47.8 Å². The summed E-state index contributed by atoms with van der Waals surface area (Å²) in [5, 5.41) is 20.3. The predicted octanol–water partition coefficient (Wildman–Crippen LogP) is 3.56. The SMILES string of the molecule is CN1C(=O)c2c(N3CCCc4ncccc43)nn(Cc3ccccc3)c2NC1N1CCC(C)(CNC(=O)O)CC1. The number of hydrogen-bond acceptors (Lipinski definition) is 7. The van der Waals surface area contributed by atoms with E-state index in [1.807, 2.05) is 42.2 Å². The number of rotatable bonds is 6. The van der Waals surface area contributed by atoms with Crippen LogP contribution >= 0.6 is 0 Å². The first-order valence-electron chi connectivity index (χ1n) is 13.9. The average molecular weight is 545 g/mol. The van der Waals surface area contributed by atoms with E-state index >= 15 is 0 Å². The highest BCUT2D eigenvalue weighted by Gasteiger charge is 2.42. The predicted molar refractivity (Wildman–Crippen MR) is 152 cm³/mol. The molecule has 11 heteroatoms. The second kappa shape index (κ2) is 10.5. The van der Waals surface area contributed by atoms with E-state index in [4.69, 9.17) is 10.2 Å². The lowest BCUT2D eigenvalue weighted by molar-refractivity contribution is 0.0209. The van der Waals surface area contributed by atoms with Gasteiger partial charge in [-0.05, 0) is 48.8 Å². The Morgan fingerprint density at radius 1 is 1.15 bits per heavy atom. The van der Waals surface area contributed by atoms with E-state index in [1.54, 1.807) is 4.90 Å². The second-order valence-electron chi connectivity index (χ2n) is 11.4. The zero-order chi connectivity index (χ0) is 27.9. The summed E-state index contributed by atoms with van der Waals surface area (Å²) in [5.74, 6) is 1.32. The van der Waals surface area contributed by atoms with E-state index < -0.39 is 6.09 Å². The van der Waals surface area contributed by atoms with Crippen molar-refractivity contribution in [3.8, 4) is 0 Å². The maximum atomic E-state index is 14.1. The third-order valence-corrected chi connectivity index (χ3v) is 8.50. The summed E-state index contributed by atoms with van der Waals surface area (Å²) in [7, 11) is 1.84. The van der Waals surface area contributed by atoms with Gasteiger partial charge < -0.3 is 25.5 Å². The van der Waals surface area contributed by atoms with Crippen LogP contribution in [0.4, 0.5) is 22.1 Å². The number of nitrogens with zero attached hydrogens (tertiary/aromatic N) is 6. The van der Waals surface area contributed by atoms with Gasteiger partial charge in [-0.1, -0.05) is 37.3 Å². The van der Waals surface area contributed by atoms with Gasteiger partial charge in [0.15, 0.2) is 12.1 Å². The Balaban J connectivity index is 1.33. The van der Waals surface area contributed by atoms with Crippen molar-refractivity contribution in [2.75, 3.05) is 43.4 Å². The maximum absolute atomic E-state index is 14.1. The molecule has 2 aromatic heterocycles. The highest BCUT2D eigenvalue weighted by Crippen LogP contribution is 2.40. The van der Waals surface area contributed by atoms with Crippen LogP contribution in [0.2, 0.25) is 0 Å². The number of hydrogen-bond donors (Lipinski definition) is 3. The highest BCUT2D eigenvalue weighted by molar-refractivity contribution is 6.06. The minimum absolute atomic E-state index is 0.0649. The summed E-state index contributed by atoms with van der Waals surface area (Å²) in [4.78, 5) is 35.9. The largest absolute Gasteiger partial charge is 0.465 e. The fourth-order valence-corrected chi connectivity index (χ4v) is 6.08. The topological polar surface area (TPSA) is 119 Å². The highest BCUT2D eigenvalue weighted by atomic mass is 16.4. The fraction of sp³-hybridized carbons (Fsp3) is 0.448. The molecule has 40 heavy (non-hydrogen) atoms. The number of likely N-dealkylation sites (tertiary alicyclic amines) is 1. The van der Waals surface area contributed by atoms with Crippen LogP contribution < -0.4 is 15.5 Å². The van der Waals surface area contributed by atoms with Gasteiger partial charge in [0.05, 0.1) is 17.9 Å². The molecule has 0 spiro atoms. The number of piperidine rings is 1. The van der Waals surface area contributed by atoms with Crippen molar-refractivity contribution in [3.05, 3.63) is 65.5 Å². The first-order valence-corrected chi connectivity index (χ1v) is 13.9. The van der Waals surface area contributed by atoms with Crippen molar-refractivity contribution in [1.82, 2.24) is 29.9 Å². The molecule has 3 aliphatic rings. The summed E-state index contributed by atoms with van der Waals surface area (Å²) in [6.45, 7) is 5.33. The van der Waals surface area contributed by atoms with Gasteiger partial charge in [-0.3, -0.25) is 14.7 Å². The van der Waals surface area contributed by atoms with E-state index in [-0.39, 0.29) is 17.6 Å². The average Bonchev–Trinajstić information content (AvgIpc) is 3.32. The molecule has 11 nitrogen and oxygen atoms in total. The molecule has 0 bridgehead atoms. The zero-order valence-corrected chi connectivity index (χ0v) is 23.0. The van der Waals surface area contributed by atoms with Gasteiger partial charge >= 0.3 is 6.09 Å². The number of benzene rings is 1. The molecule has 0 aliphatic carbocycles. The van der Waals surface area contributed by atoms with Crippen molar-refractivity contribution >= 4 is 29.3 Å². The van der Waals surface area contributed by atoms with E-state index in [2.05, 4.69) is 50.5 Å². The number of fused-ring (bicyclic) bond motifs is 2. The Hall–Kier alpha value is -4.12. The first-order chi connectivity index (χ1) is 19.3. The van der Waals surface area contributed by atoms with Gasteiger partial charge in [-0.2, -0.15) is 5.10 Å². The van der Waals surface area contributed by atoms with Crippen LogP contribution in [-0.2, 0) is 13.0 Å². The molecular weight excluding hydrogens is 508 g/mol. The van der Waals surface area contributed by atoms with E-state index in [9.17, 15) is 9.59 Å². The molecular formula is C29H36N8O3. The molecule has 1 fully saturated rings. The molecule has 3 aromatic rings. The van der Waals surface area contributed by atoms with Crippen molar-refractivity contribution < 1.29 is 14.7 Å². The summed E-state index contributed by atoms with van der Waals surface area (Å²) in [6, 6.07) is 14.1. The van der Waals surface area contributed by atoms with Crippen LogP contribution in [0, 0.1) is 5.41 Å². The minimum atomic E-state index is -0.995. The molecule has 5 heterocycles. The number of carbonyl (C=O) groups excluding carboxylic acids is 1. The fourth-order valence-electron chi connectivity index (χ4n) is 6.08. The molecule has 1 atom stereocenters. The Bertz CT molecular complexity index is 1400. The van der Waals surface area contributed by atoms with Crippen LogP contribution in [-0.4, -0.2) is 81.2 Å². The quantitative estimate of drug-likeness (QED) is 0.431. The number of nitrogens with one attached hydrogen (secondary N) is 2. The summed E-state index contributed by atoms with van der Waals surface area (Å²) < 4.78 is 1.92. The van der Waals surface area contributed by atoms with E-state index in [0.29, 0.717) is 24.5 Å². The monoisotopic (exact) mass is 544 g/mol. The number of pyridine rings is 1. The number of carbonyl (C=O) groups is 2. The third kappa shape index (κ3) is 4.85. The maximum Gasteiger partial charge on any atom is 0.404 e. The molecule has 1 saturated heterocycles. The van der Waals surface area contributed by atoms with E-state index in [1.165, 1.54) is 0 Å². The minimum Gasteiger partial charge on any atom is -0.465 e. The van der Waals surface area contributed by atoms with Crippen molar-refractivity contribution in [1.29, 1.82) is 0 Å². The standard InChI is InChI=1S/C29H36N8O3/c1-29(19-31-28(39)40)12-16-35(17-13-29)27-32-24-23(26(38)34(27)2)25(33-37(24)18-20-8-4-3-5-9-20)36-15-7-10-21-22(36)11-6-14-30-21/h3-6,8-9,11,14,27,31-32H,7,10,12-13,15-19H2,1-2H3,(H,39,40). The number of anilines is 3. The van der Waals surface area contributed by atoms with Crippen LogP contribution in [0.15, 0.2) is 48.7 Å². The summed E-state index contributed by atoms with van der Waals surface area (Å²) >= 11 is 0. The van der Waals surface area contributed by atoms with Gasteiger partial charge in [0.1, 0.15) is 11.4 Å². The first kappa shape index (κ1) is 26.1. The number of amides is 2. The Kier molecular flexibility index (Phi) is 6.83. The molecule has 6 rings (SSSR count). The lowest BCUT2D eigenvalue weighted by atomic mass is 9.80. The molecule has 3 aliphatic heterocycles. The molecule has 210 valence electrons.